The van der Waals surface area contributed by atoms with E-state index in [9.17, 15) is 19.2 Å². The van der Waals surface area contributed by atoms with Gasteiger partial charge in [-0.2, -0.15) is 0 Å². The lowest BCUT2D eigenvalue weighted by Gasteiger charge is -2.31. The molecular formula is C18H25N3O6. The van der Waals surface area contributed by atoms with E-state index in [4.69, 9.17) is 15.2 Å². The number of nitrogens with two attached hydrogens (primary N) is 1. The normalized spacial score (nSPS) is 16.7. The van der Waals surface area contributed by atoms with Crippen molar-refractivity contribution in [3.8, 4) is 0 Å². The predicted molar refractivity (Wildman–Crippen MR) is 95.0 cm³/mol. The van der Waals surface area contributed by atoms with Gasteiger partial charge in [0.15, 0.2) is 6.61 Å². The van der Waals surface area contributed by atoms with Crippen molar-refractivity contribution in [2.45, 2.75) is 33.6 Å². The summed E-state index contributed by atoms with van der Waals surface area (Å²) in [6, 6.07) is 0. The fraction of sp³-hybridized carbons (Fsp3) is 0.556. The highest BCUT2D eigenvalue weighted by molar-refractivity contribution is 5.99. The predicted octanol–water partition coefficient (Wildman–Crippen LogP) is 0.689. The van der Waals surface area contributed by atoms with Crippen LogP contribution >= 0.6 is 0 Å². The number of nitrogens with zero attached hydrogens (tertiary/aromatic N) is 1. The summed E-state index contributed by atoms with van der Waals surface area (Å²) in [5.41, 5.74) is 6.57. The molecule has 1 aromatic heterocycles. The topological polar surface area (TPSA) is 132 Å². The summed E-state index contributed by atoms with van der Waals surface area (Å²) in [6.07, 6.45) is 1.32. The Labute approximate surface area is 157 Å². The van der Waals surface area contributed by atoms with E-state index in [-0.39, 0.29) is 36.2 Å². The van der Waals surface area contributed by atoms with E-state index in [0.29, 0.717) is 30.6 Å². The Morgan fingerprint density at radius 1 is 1.19 bits per heavy atom. The molecule has 2 heterocycles. The van der Waals surface area contributed by atoms with Crippen LogP contribution in [0.1, 0.15) is 51.9 Å². The minimum Gasteiger partial charge on any atom is -0.461 e. The first kappa shape index (κ1) is 20.5. The number of esters is 2. The van der Waals surface area contributed by atoms with Crippen LogP contribution in [0.5, 0.6) is 0 Å². The van der Waals surface area contributed by atoms with Gasteiger partial charge in [-0.1, -0.05) is 0 Å². The molecule has 2 rings (SSSR count). The largest absolute Gasteiger partial charge is 0.461 e. The van der Waals surface area contributed by atoms with Crippen LogP contribution in [0.15, 0.2) is 0 Å². The monoisotopic (exact) mass is 379 g/mol. The maximum absolute atomic E-state index is 12.4. The van der Waals surface area contributed by atoms with Crippen molar-refractivity contribution in [1.29, 1.82) is 0 Å². The molecule has 0 spiro atoms. The number of piperidine rings is 1. The molecule has 27 heavy (non-hydrogen) atoms. The summed E-state index contributed by atoms with van der Waals surface area (Å²) in [6.45, 7) is 5.44. The van der Waals surface area contributed by atoms with Gasteiger partial charge in [0.1, 0.15) is 5.69 Å². The van der Waals surface area contributed by atoms with Crippen molar-refractivity contribution in [2.24, 2.45) is 11.7 Å². The third kappa shape index (κ3) is 4.66. The van der Waals surface area contributed by atoms with Gasteiger partial charge >= 0.3 is 11.9 Å². The number of aryl methyl sites for hydroxylation is 1. The van der Waals surface area contributed by atoms with Crippen LogP contribution in [0, 0.1) is 19.8 Å². The standard InChI is InChI=1S/C18H25N3O6/c1-4-26-18(25)15-10(2)14(11(3)20-15)17(24)27-9-13(22)21-7-5-6-12(8-21)16(19)23/h12,20H,4-9H2,1-3H3,(H2,19,23)/t12-/m1/s1. The lowest BCUT2D eigenvalue weighted by atomic mass is 9.97. The van der Waals surface area contributed by atoms with Crippen molar-refractivity contribution in [3.05, 3.63) is 22.5 Å². The van der Waals surface area contributed by atoms with E-state index in [2.05, 4.69) is 4.98 Å². The van der Waals surface area contributed by atoms with Crippen molar-refractivity contribution < 1.29 is 28.7 Å². The molecule has 0 bridgehead atoms. The summed E-state index contributed by atoms with van der Waals surface area (Å²) < 4.78 is 10.1. The van der Waals surface area contributed by atoms with Crippen molar-refractivity contribution in [1.82, 2.24) is 9.88 Å². The maximum Gasteiger partial charge on any atom is 0.355 e. The minimum absolute atomic E-state index is 0.188. The summed E-state index contributed by atoms with van der Waals surface area (Å²) in [5, 5.41) is 0. The molecule has 1 atom stereocenters. The zero-order chi connectivity index (χ0) is 20.1. The van der Waals surface area contributed by atoms with Crippen LogP contribution in [0.4, 0.5) is 0 Å². The summed E-state index contributed by atoms with van der Waals surface area (Å²) >= 11 is 0. The van der Waals surface area contributed by atoms with Crippen LogP contribution in [0.3, 0.4) is 0 Å². The molecule has 2 amide bonds. The molecule has 0 radical (unpaired) electrons. The van der Waals surface area contributed by atoms with Gasteiger partial charge in [-0.25, -0.2) is 9.59 Å². The van der Waals surface area contributed by atoms with Crippen molar-refractivity contribution >= 4 is 23.8 Å². The van der Waals surface area contributed by atoms with E-state index >= 15 is 0 Å². The van der Waals surface area contributed by atoms with Gasteiger partial charge in [0.2, 0.25) is 5.91 Å². The van der Waals surface area contributed by atoms with Gasteiger partial charge in [0.05, 0.1) is 18.1 Å². The first-order valence-electron chi connectivity index (χ1n) is 8.86. The van der Waals surface area contributed by atoms with Crippen LogP contribution in [0.2, 0.25) is 0 Å². The fourth-order valence-corrected chi connectivity index (χ4v) is 3.19. The van der Waals surface area contributed by atoms with Gasteiger partial charge in [-0.15, -0.1) is 0 Å². The number of nitrogens with one attached hydrogen (secondary N) is 1. The van der Waals surface area contributed by atoms with E-state index in [0.717, 1.165) is 0 Å². The number of aromatic amines is 1. The molecule has 1 aliphatic rings. The molecule has 9 nitrogen and oxygen atoms in total. The number of likely N-dealkylation sites (tertiary alicyclic amines) is 1. The van der Waals surface area contributed by atoms with Gasteiger partial charge in [0, 0.05) is 18.8 Å². The molecule has 1 aliphatic heterocycles. The number of carbonyl (C=O) groups excluding carboxylic acids is 4. The molecule has 1 saturated heterocycles. The second kappa shape index (κ2) is 8.70. The number of primary amides is 1. The molecule has 0 saturated carbocycles. The van der Waals surface area contributed by atoms with Gasteiger partial charge in [0.25, 0.3) is 5.91 Å². The maximum atomic E-state index is 12.4. The second-order valence-electron chi connectivity index (χ2n) is 6.50. The Morgan fingerprint density at radius 2 is 1.89 bits per heavy atom. The summed E-state index contributed by atoms with van der Waals surface area (Å²) in [4.78, 5) is 52.2. The molecule has 0 aromatic carbocycles. The number of hydrogen-bond donors (Lipinski definition) is 2. The Balaban J connectivity index is 2.00. The van der Waals surface area contributed by atoms with Gasteiger partial charge < -0.3 is 25.1 Å². The Kier molecular flexibility index (Phi) is 6.59. The lowest BCUT2D eigenvalue weighted by Crippen LogP contribution is -2.45. The van der Waals surface area contributed by atoms with Gasteiger partial charge in [-0.3, -0.25) is 9.59 Å². The van der Waals surface area contributed by atoms with Crippen LogP contribution in [-0.4, -0.2) is 59.9 Å². The van der Waals surface area contributed by atoms with Crippen molar-refractivity contribution in [3.63, 3.8) is 0 Å². The number of H-pyrrole nitrogens is 1. The molecule has 3 N–H and O–H groups in total. The molecule has 0 aliphatic carbocycles. The number of amides is 2. The third-order valence-corrected chi connectivity index (χ3v) is 4.62. The average molecular weight is 379 g/mol. The van der Waals surface area contributed by atoms with E-state index in [1.54, 1.807) is 20.8 Å². The van der Waals surface area contributed by atoms with Crippen LogP contribution in [0.25, 0.3) is 0 Å². The minimum atomic E-state index is -0.700. The van der Waals surface area contributed by atoms with Crippen molar-refractivity contribution in [2.75, 3.05) is 26.3 Å². The lowest BCUT2D eigenvalue weighted by molar-refractivity contribution is -0.137. The second-order valence-corrected chi connectivity index (χ2v) is 6.50. The van der Waals surface area contributed by atoms with E-state index in [1.165, 1.54) is 4.90 Å². The molecule has 0 unspecified atom stereocenters. The molecule has 9 heteroatoms. The smallest absolute Gasteiger partial charge is 0.355 e. The third-order valence-electron chi connectivity index (χ3n) is 4.62. The summed E-state index contributed by atoms with van der Waals surface area (Å²) in [5.74, 6) is -2.45. The zero-order valence-corrected chi connectivity index (χ0v) is 15.8. The molecule has 1 fully saturated rings. The highest BCUT2D eigenvalue weighted by Crippen LogP contribution is 2.20. The average Bonchev–Trinajstić information content (AvgIpc) is 2.94. The first-order chi connectivity index (χ1) is 12.8. The number of ether oxygens (including phenoxy) is 2. The molecular weight excluding hydrogens is 354 g/mol. The number of rotatable bonds is 6. The quantitative estimate of drug-likeness (QED) is 0.699. The number of carbonyl (C=O) groups is 4. The van der Waals surface area contributed by atoms with Gasteiger partial charge in [-0.05, 0) is 39.2 Å². The zero-order valence-electron chi connectivity index (χ0n) is 15.8. The highest BCUT2D eigenvalue weighted by Gasteiger charge is 2.28. The fourth-order valence-electron chi connectivity index (χ4n) is 3.19. The Hall–Kier alpha value is -2.84. The SMILES string of the molecule is CCOC(=O)c1[nH]c(C)c(C(=O)OCC(=O)N2CCC[C@@H](C(N)=O)C2)c1C. The van der Waals surface area contributed by atoms with Crippen LogP contribution in [-0.2, 0) is 19.1 Å². The Morgan fingerprint density at radius 3 is 2.52 bits per heavy atom. The van der Waals surface area contributed by atoms with Crippen LogP contribution < -0.4 is 5.73 Å². The summed E-state index contributed by atoms with van der Waals surface area (Å²) in [7, 11) is 0. The molecule has 1 aromatic rings. The number of hydrogen-bond acceptors (Lipinski definition) is 6. The van der Waals surface area contributed by atoms with E-state index in [1.807, 2.05) is 0 Å². The number of aromatic nitrogens is 1. The first-order valence-corrected chi connectivity index (χ1v) is 8.86. The Bertz CT molecular complexity index is 755. The van der Waals surface area contributed by atoms with E-state index < -0.39 is 24.5 Å². The highest BCUT2D eigenvalue weighted by atomic mass is 16.5. The molecule has 148 valence electrons.